The van der Waals surface area contributed by atoms with Crippen molar-refractivity contribution < 1.29 is 9.53 Å². The average Bonchev–Trinajstić information content (AvgIpc) is 3.34. The smallest absolute Gasteiger partial charge is 0.223 e. The molecule has 1 aromatic rings. The molecule has 1 amide bonds. The lowest BCUT2D eigenvalue weighted by Crippen LogP contribution is -2.48. The number of hydrogen-bond acceptors (Lipinski definition) is 3. The number of nitrogens with zero attached hydrogens (tertiary/aromatic N) is 1. The van der Waals surface area contributed by atoms with Crippen LogP contribution in [0.3, 0.4) is 0 Å². The molecule has 2 aliphatic rings. The van der Waals surface area contributed by atoms with Crippen LogP contribution >= 0.6 is 0 Å². The molecule has 4 heteroatoms. The first-order valence-electron chi connectivity index (χ1n) is 7.93. The maximum absolute atomic E-state index is 12.1. The van der Waals surface area contributed by atoms with Crippen LogP contribution in [-0.4, -0.2) is 43.2 Å². The minimum Gasteiger partial charge on any atom is -0.379 e. The highest BCUT2D eigenvalue weighted by molar-refractivity contribution is 5.81. The molecule has 4 nitrogen and oxygen atoms in total. The van der Waals surface area contributed by atoms with Gasteiger partial charge in [-0.05, 0) is 25.3 Å². The second-order valence-electron chi connectivity index (χ2n) is 6.08. The first-order chi connectivity index (χ1) is 10.3. The second-order valence-corrected chi connectivity index (χ2v) is 6.08. The van der Waals surface area contributed by atoms with E-state index >= 15 is 0 Å². The van der Waals surface area contributed by atoms with Gasteiger partial charge in [0.2, 0.25) is 5.91 Å². The number of carbonyl (C=O) groups excluding carboxylic acids is 1. The van der Waals surface area contributed by atoms with Crippen LogP contribution in [0.4, 0.5) is 0 Å². The summed E-state index contributed by atoms with van der Waals surface area (Å²) in [7, 11) is 0. The molecule has 2 fully saturated rings. The van der Waals surface area contributed by atoms with Crippen LogP contribution in [0.15, 0.2) is 30.3 Å². The molecule has 1 saturated carbocycles. The maximum atomic E-state index is 12.1. The molecular formula is C17H24N2O2. The third-order valence-electron chi connectivity index (χ3n) is 4.37. The monoisotopic (exact) mass is 288 g/mol. The Morgan fingerprint density at radius 3 is 2.52 bits per heavy atom. The van der Waals surface area contributed by atoms with Gasteiger partial charge in [0.05, 0.1) is 19.3 Å². The van der Waals surface area contributed by atoms with Crippen LogP contribution in [0.5, 0.6) is 0 Å². The molecule has 0 bridgehead atoms. The summed E-state index contributed by atoms with van der Waals surface area (Å²) in [4.78, 5) is 14.5. The van der Waals surface area contributed by atoms with E-state index in [-0.39, 0.29) is 23.9 Å². The van der Waals surface area contributed by atoms with E-state index < -0.39 is 0 Å². The fourth-order valence-corrected chi connectivity index (χ4v) is 3.09. The molecule has 0 aromatic heterocycles. The Labute approximate surface area is 126 Å². The molecule has 2 atom stereocenters. The molecule has 114 valence electrons. The summed E-state index contributed by atoms with van der Waals surface area (Å²) in [6.45, 7) is 5.50. The lowest BCUT2D eigenvalue weighted by Gasteiger charge is -2.38. The quantitative estimate of drug-likeness (QED) is 0.901. The van der Waals surface area contributed by atoms with Gasteiger partial charge >= 0.3 is 0 Å². The Morgan fingerprint density at radius 1 is 1.24 bits per heavy atom. The lowest BCUT2D eigenvalue weighted by molar-refractivity contribution is -0.123. The van der Waals surface area contributed by atoms with E-state index in [1.807, 2.05) is 6.07 Å². The van der Waals surface area contributed by atoms with Crippen molar-refractivity contribution in [2.75, 3.05) is 26.3 Å². The van der Waals surface area contributed by atoms with Crippen molar-refractivity contribution in [3.05, 3.63) is 35.9 Å². The summed E-state index contributed by atoms with van der Waals surface area (Å²) < 4.78 is 5.47. The number of amides is 1. The zero-order chi connectivity index (χ0) is 14.7. The van der Waals surface area contributed by atoms with Crippen LogP contribution in [0, 0.1) is 5.92 Å². The second kappa shape index (κ2) is 6.58. The molecule has 1 N–H and O–H groups in total. The third kappa shape index (κ3) is 3.63. The SMILES string of the molecule is C[C@H](NC(=O)C1CC1)[C@@H](c1ccccc1)N1CCOCC1. The normalized spacial score (nSPS) is 22.5. The van der Waals surface area contributed by atoms with Crippen molar-refractivity contribution in [1.29, 1.82) is 0 Å². The average molecular weight is 288 g/mol. The fourth-order valence-electron chi connectivity index (χ4n) is 3.09. The van der Waals surface area contributed by atoms with E-state index in [0.29, 0.717) is 0 Å². The van der Waals surface area contributed by atoms with E-state index in [4.69, 9.17) is 4.74 Å². The number of rotatable bonds is 5. The predicted molar refractivity (Wildman–Crippen MR) is 81.9 cm³/mol. The van der Waals surface area contributed by atoms with E-state index in [1.54, 1.807) is 0 Å². The van der Waals surface area contributed by atoms with Gasteiger partial charge < -0.3 is 10.1 Å². The van der Waals surface area contributed by atoms with Crippen LogP contribution in [0.2, 0.25) is 0 Å². The molecule has 1 aliphatic heterocycles. The highest BCUT2D eigenvalue weighted by atomic mass is 16.5. The largest absolute Gasteiger partial charge is 0.379 e. The maximum Gasteiger partial charge on any atom is 0.223 e. The number of nitrogens with one attached hydrogen (secondary N) is 1. The first kappa shape index (κ1) is 14.5. The number of hydrogen-bond donors (Lipinski definition) is 1. The Balaban J connectivity index is 1.75. The van der Waals surface area contributed by atoms with E-state index in [0.717, 1.165) is 39.1 Å². The summed E-state index contributed by atoms with van der Waals surface area (Å²) in [5.41, 5.74) is 1.27. The number of benzene rings is 1. The molecule has 0 unspecified atom stereocenters. The zero-order valence-corrected chi connectivity index (χ0v) is 12.6. The van der Waals surface area contributed by atoms with Crippen LogP contribution in [0.25, 0.3) is 0 Å². The molecule has 1 aliphatic carbocycles. The van der Waals surface area contributed by atoms with Crippen molar-refractivity contribution in [2.45, 2.75) is 31.8 Å². The summed E-state index contributed by atoms with van der Waals surface area (Å²) >= 11 is 0. The van der Waals surface area contributed by atoms with Gasteiger partial charge in [-0.25, -0.2) is 0 Å². The Morgan fingerprint density at radius 2 is 1.90 bits per heavy atom. The molecule has 0 spiro atoms. The van der Waals surface area contributed by atoms with Crippen molar-refractivity contribution in [3.8, 4) is 0 Å². The Bertz CT molecular complexity index is 467. The minimum atomic E-state index is 0.110. The predicted octanol–water partition coefficient (Wildman–Crippen LogP) is 1.97. The van der Waals surface area contributed by atoms with Gasteiger partial charge in [-0.15, -0.1) is 0 Å². The van der Waals surface area contributed by atoms with E-state index in [1.165, 1.54) is 5.56 Å². The number of ether oxygens (including phenoxy) is 1. The minimum absolute atomic E-state index is 0.110. The van der Waals surface area contributed by atoms with Crippen LogP contribution < -0.4 is 5.32 Å². The zero-order valence-electron chi connectivity index (χ0n) is 12.6. The van der Waals surface area contributed by atoms with Crippen molar-refractivity contribution >= 4 is 5.91 Å². The number of carbonyl (C=O) groups is 1. The molecule has 0 radical (unpaired) electrons. The molecular weight excluding hydrogens is 264 g/mol. The van der Waals surface area contributed by atoms with Crippen LogP contribution in [-0.2, 0) is 9.53 Å². The van der Waals surface area contributed by atoms with Crippen molar-refractivity contribution in [2.24, 2.45) is 5.92 Å². The van der Waals surface area contributed by atoms with Crippen molar-refractivity contribution in [1.82, 2.24) is 10.2 Å². The molecule has 3 rings (SSSR count). The van der Waals surface area contributed by atoms with Crippen molar-refractivity contribution in [3.63, 3.8) is 0 Å². The molecule has 1 heterocycles. The molecule has 1 saturated heterocycles. The number of morpholine rings is 1. The standard InChI is InChI=1S/C17H24N2O2/c1-13(18-17(20)15-7-8-15)16(14-5-3-2-4-6-14)19-9-11-21-12-10-19/h2-6,13,15-16H,7-12H2,1H3,(H,18,20)/t13-,16-/m0/s1. The van der Waals surface area contributed by atoms with E-state index in [2.05, 4.69) is 41.4 Å². The van der Waals surface area contributed by atoms with Gasteiger partial charge in [-0.2, -0.15) is 0 Å². The van der Waals surface area contributed by atoms with Gasteiger partial charge in [0.1, 0.15) is 0 Å². The summed E-state index contributed by atoms with van der Waals surface area (Å²) in [5.74, 6) is 0.477. The summed E-state index contributed by atoms with van der Waals surface area (Å²) in [5, 5.41) is 3.22. The van der Waals surface area contributed by atoms with Gasteiger partial charge in [-0.1, -0.05) is 30.3 Å². The van der Waals surface area contributed by atoms with Gasteiger partial charge in [-0.3, -0.25) is 9.69 Å². The highest BCUT2D eigenvalue weighted by Gasteiger charge is 2.33. The highest BCUT2D eigenvalue weighted by Crippen LogP contribution is 2.30. The third-order valence-corrected chi connectivity index (χ3v) is 4.37. The Kier molecular flexibility index (Phi) is 4.56. The fraction of sp³-hybridized carbons (Fsp3) is 0.588. The molecule has 1 aromatic carbocycles. The molecule has 21 heavy (non-hydrogen) atoms. The topological polar surface area (TPSA) is 41.6 Å². The van der Waals surface area contributed by atoms with Gasteiger partial charge in [0, 0.05) is 25.0 Å². The Hall–Kier alpha value is -1.39. The summed E-state index contributed by atoms with van der Waals surface area (Å²) in [6, 6.07) is 10.8. The lowest BCUT2D eigenvalue weighted by atomic mass is 9.98. The first-order valence-corrected chi connectivity index (χ1v) is 7.93. The van der Waals surface area contributed by atoms with Gasteiger partial charge in [0.25, 0.3) is 0 Å². The van der Waals surface area contributed by atoms with Gasteiger partial charge in [0.15, 0.2) is 0 Å². The van der Waals surface area contributed by atoms with Crippen LogP contribution in [0.1, 0.15) is 31.4 Å². The van der Waals surface area contributed by atoms with E-state index in [9.17, 15) is 4.79 Å². The summed E-state index contributed by atoms with van der Waals surface area (Å²) in [6.07, 6.45) is 2.10.